The van der Waals surface area contributed by atoms with E-state index in [-0.39, 0.29) is 24.3 Å². The average molecular weight is 432 g/mol. The molecule has 1 N–H and O–H groups in total. The molecule has 0 aliphatic carbocycles. The molecule has 5 heteroatoms. The number of ketones is 1. The summed E-state index contributed by atoms with van der Waals surface area (Å²) in [6, 6.07) is 13.3. The predicted octanol–water partition coefficient (Wildman–Crippen LogP) is 5.11. The van der Waals surface area contributed by atoms with Gasteiger partial charge in [-0.3, -0.25) is 9.59 Å². The molecule has 0 fully saturated rings. The second-order valence-electron chi connectivity index (χ2n) is 7.11. The molecular weight excluding hydrogens is 406 g/mol. The van der Waals surface area contributed by atoms with Crippen LogP contribution in [0.25, 0.3) is 0 Å². The molecule has 27 heavy (non-hydrogen) atoms. The van der Waals surface area contributed by atoms with Crippen molar-refractivity contribution < 1.29 is 14.3 Å². The number of halogens is 1. The Hall–Kier alpha value is -2.14. The van der Waals surface area contributed by atoms with Crippen molar-refractivity contribution in [3.8, 4) is 5.75 Å². The molecule has 144 valence electrons. The summed E-state index contributed by atoms with van der Waals surface area (Å²) in [4.78, 5) is 23.9. The highest BCUT2D eigenvalue weighted by molar-refractivity contribution is 9.10. The second kappa shape index (κ2) is 9.70. The Labute approximate surface area is 169 Å². The van der Waals surface area contributed by atoms with E-state index >= 15 is 0 Å². The molecule has 0 aromatic heterocycles. The largest absolute Gasteiger partial charge is 0.483 e. The van der Waals surface area contributed by atoms with Crippen LogP contribution in [0.4, 0.5) is 0 Å². The smallest absolute Gasteiger partial charge is 0.258 e. The number of Topliss-reactive ketones (excluding diaryl/α,β-unsaturated/α-hetero) is 1. The molecule has 0 saturated carbocycles. The van der Waals surface area contributed by atoms with Gasteiger partial charge >= 0.3 is 0 Å². The summed E-state index contributed by atoms with van der Waals surface area (Å²) >= 11 is 3.33. The van der Waals surface area contributed by atoms with Crippen LogP contribution in [0.5, 0.6) is 5.75 Å². The third kappa shape index (κ3) is 6.51. The van der Waals surface area contributed by atoms with Gasteiger partial charge in [-0.1, -0.05) is 54.0 Å². The molecule has 1 amide bonds. The van der Waals surface area contributed by atoms with Crippen LogP contribution in [-0.2, 0) is 11.2 Å². The third-order valence-corrected chi connectivity index (χ3v) is 4.67. The number of nitrogens with one attached hydrogen (secondary N) is 1. The number of hydrogen-bond donors (Lipinski definition) is 1. The standard InChI is InChI=1S/C22H26BrNO3/c1-14(2)11-17-5-7-18(8-6-17)15(3)24-22(26)13-27-21-10-9-19(23)12-20(21)16(4)25/h5-10,12,14-15H,11,13H2,1-4H3,(H,24,26). The Morgan fingerprint density at radius 1 is 1.07 bits per heavy atom. The number of amides is 1. The van der Waals surface area contributed by atoms with Crippen LogP contribution < -0.4 is 10.1 Å². The van der Waals surface area contributed by atoms with Crippen LogP contribution in [0.1, 0.15) is 55.2 Å². The van der Waals surface area contributed by atoms with E-state index in [0.29, 0.717) is 17.2 Å². The molecule has 0 saturated heterocycles. The first-order chi connectivity index (χ1) is 12.8. The van der Waals surface area contributed by atoms with Gasteiger partial charge < -0.3 is 10.1 Å². The lowest BCUT2D eigenvalue weighted by Crippen LogP contribution is -2.31. The van der Waals surface area contributed by atoms with E-state index in [4.69, 9.17) is 4.74 Å². The first kappa shape index (κ1) is 21.2. The van der Waals surface area contributed by atoms with Crippen LogP contribution in [0.2, 0.25) is 0 Å². The van der Waals surface area contributed by atoms with Gasteiger partial charge in [-0.05, 0) is 55.5 Å². The molecule has 0 aliphatic heterocycles. The van der Waals surface area contributed by atoms with E-state index in [2.05, 4.69) is 47.2 Å². The minimum absolute atomic E-state index is 0.110. The van der Waals surface area contributed by atoms with Gasteiger partial charge in [0.05, 0.1) is 11.6 Å². The lowest BCUT2D eigenvalue weighted by atomic mass is 10.00. The van der Waals surface area contributed by atoms with Crippen LogP contribution in [0.3, 0.4) is 0 Å². The molecule has 2 aromatic carbocycles. The zero-order valence-electron chi connectivity index (χ0n) is 16.2. The van der Waals surface area contributed by atoms with Crippen LogP contribution in [-0.4, -0.2) is 18.3 Å². The van der Waals surface area contributed by atoms with E-state index in [1.807, 2.05) is 19.1 Å². The van der Waals surface area contributed by atoms with E-state index in [1.165, 1.54) is 12.5 Å². The Bertz CT molecular complexity index is 800. The first-order valence-electron chi connectivity index (χ1n) is 9.07. The maximum absolute atomic E-state index is 12.2. The van der Waals surface area contributed by atoms with Crippen molar-refractivity contribution in [2.45, 2.75) is 40.2 Å². The highest BCUT2D eigenvalue weighted by Crippen LogP contribution is 2.24. The van der Waals surface area contributed by atoms with Crippen LogP contribution in [0, 0.1) is 5.92 Å². The Morgan fingerprint density at radius 3 is 2.33 bits per heavy atom. The van der Waals surface area contributed by atoms with Crippen molar-refractivity contribution in [1.82, 2.24) is 5.32 Å². The first-order valence-corrected chi connectivity index (χ1v) is 9.87. The number of carbonyl (C=O) groups excluding carboxylic acids is 2. The van der Waals surface area contributed by atoms with Gasteiger partial charge in [0.25, 0.3) is 5.91 Å². The number of hydrogen-bond acceptors (Lipinski definition) is 3. The van der Waals surface area contributed by atoms with Crippen molar-refractivity contribution >= 4 is 27.6 Å². The Morgan fingerprint density at radius 2 is 1.74 bits per heavy atom. The van der Waals surface area contributed by atoms with Gasteiger partial charge in [-0.2, -0.15) is 0 Å². The quantitative estimate of drug-likeness (QED) is 0.590. The molecular formula is C22H26BrNO3. The molecule has 0 heterocycles. The average Bonchev–Trinajstić information content (AvgIpc) is 2.60. The number of benzene rings is 2. The summed E-state index contributed by atoms with van der Waals surface area (Å²) in [5.74, 6) is 0.683. The van der Waals surface area contributed by atoms with Crippen molar-refractivity contribution in [3.63, 3.8) is 0 Å². The maximum atomic E-state index is 12.2. The van der Waals surface area contributed by atoms with E-state index < -0.39 is 0 Å². The minimum atomic E-state index is -0.230. The molecule has 0 radical (unpaired) electrons. The Balaban J connectivity index is 1.93. The number of carbonyl (C=O) groups is 2. The summed E-state index contributed by atoms with van der Waals surface area (Å²) in [6.45, 7) is 7.66. The monoisotopic (exact) mass is 431 g/mol. The fraction of sp³-hybridized carbons (Fsp3) is 0.364. The van der Waals surface area contributed by atoms with Crippen molar-refractivity contribution in [3.05, 3.63) is 63.6 Å². The molecule has 4 nitrogen and oxygen atoms in total. The Kier molecular flexibility index (Phi) is 7.60. The van der Waals surface area contributed by atoms with E-state index in [0.717, 1.165) is 16.5 Å². The zero-order valence-corrected chi connectivity index (χ0v) is 17.8. The summed E-state index contributed by atoms with van der Waals surface area (Å²) in [5, 5.41) is 2.93. The lowest BCUT2D eigenvalue weighted by Gasteiger charge is -2.16. The van der Waals surface area contributed by atoms with Gasteiger partial charge in [-0.25, -0.2) is 0 Å². The minimum Gasteiger partial charge on any atom is -0.483 e. The van der Waals surface area contributed by atoms with Gasteiger partial charge in [0.15, 0.2) is 12.4 Å². The van der Waals surface area contributed by atoms with Gasteiger partial charge in [0.1, 0.15) is 5.75 Å². The summed E-state index contributed by atoms with van der Waals surface area (Å²) in [5.41, 5.74) is 2.79. The number of rotatable bonds is 8. The van der Waals surface area contributed by atoms with E-state index in [9.17, 15) is 9.59 Å². The fourth-order valence-corrected chi connectivity index (χ4v) is 3.19. The van der Waals surface area contributed by atoms with Crippen molar-refractivity contribution in [2.24, 2.45) is 5.92 Å². The summed E-state index contributed by atoms with van der Waals surface area (Å²) < 4.78 is 6.35. The fourth-order valence-electron chi connectivity index (χ4n) is 2.83. The predicted molar refractivity (Wildman–Crippen MR) is 111 cm³/mol. The van der Waals surface area contributed by atoms with Gasteiger partial charge in [0, 0.05) is 4.47 Å². The third-order valence-electron chi connectivity index (χ3n) is 4.18. The number of ether oxygens (including phenoxy) is 1. The van der Waals surface area contributed by atoms with Crippen molar-refractivity contribution in [1.29, 1.82) is 0 Å². The molecule has 2 aromatic rings. The topological polar surface area (TPSA) is 55.4 Å². The molecule has 0 aliphatic rings. The molecule has 1 unspecified atom stereocenters. The van der Waals surface area contributed by atoms with Crippen LogP contribution >= 0.6 is 15.9 Å². The zero-order chi connectivity index (χ0) is 20.0. The molecule has 2 rings (SSSR count). The lowest BCUT2D eigenvalue weighted by molar-refractivity contribution is -0.123. The summed E-state index contributed by atoms with van der Waals surface area (Å²) in [7, 11) is 0. The normalized spacial score (nSPS) is 11.9. The molecule has 1 atom stereocenters. The highest BCUT2D eigenvalue weighted by atomic mass is 79.9. The van der Waals surface area contributed by atoms with Gasteiger partial charge in [-0.15, -0.1) is 0 Å². The SMILES string of the molecule is CC(=O)c1cc(Br)ccc1OCC(=O)NC(C)c1ccc(CC(C)C)cc1. The second-order valence-corrected chi connectivity index (χ2v) is 8.03. The van der Waals surface area contributed by atoms with Crippen LogP contribution in [0.15, 0.2) is 46.9 Å². The van der Waals surface area contributed by atoms with Crippen molar-refractivity contribution in [2.75, 3.05) is 6.61 Å². The molecule has 0 spiro atoms. The summed E-state index contributed by atoms with van der Waals surface area (Å²) in [6.07, 6.45) is 1.04. The van der Waals surface area contributed by atoms with Gasteiger partial charge in [0.2, 0.25) is 0 Å². The van der Waals surface area contributed by atoms with E-state index in [1.54, 1.807) is 18.2 Å². The maximum Gasteiger partial charge on any atom is 0.258 e. The highest BCUT2D eigenvalue weighted by Gasteiger charge is 2.13. The molecule has 0 bridgehead atoms.